The van der Waals surface area contributed by atoms with Gasteiger partial charge in [0.1, 0.15) is 6.54 Å². The molecule has 0 bridgehead atoms. The average Bonchev–Trinajstić information content (AvgIpc) is 3.02. The molecule has 0 aromatic heterocycles. The number of urea groups is 1. The van der Waals surface area contributed by atoms with E-state index in [1.807, 2.05) is 12.2 Å². The molecule has 0 atom stereocenters. The molecule has 1 fully saturated rings. The summed E-state index contributed by atoms with van der Waals surface area (Å²) in [4.78, 5) is 25.7. The maximum Gasteiger partial charge on any atom is 0.323 e. The number of carbonyl (C=O) groups excluding carboxylic acids is 1. The summed E-state index contributed by atoms with van der Waals surface area (Å²) in [5, 5.41) is 8.72. The Morgan fingerprint density at radius 2 is 1.94 bits per heavy atom. The van der Waals surface area contributed by atoms with Crippen LogP contribution in [-0.4, -0.2) is 53.1 Å². The Bertz CT molecular complexity index is 323. The summed E-state index contributed by atoms with van der Waals surface area (Å²) >= 11 is 0. The van der Waals surface area contributed by atoms with Crippen LogP contribution in [0.4, 0.5) is 4.79 Å². The van der Waals surface area contributed by atoms with Crippen LogP contribution in [0.15, 0.2) is 12.2 Å². The molecule has 5 nitrogen and oxygen atoms in total. The van der Waals surface area contributed by atoms with Crippen LogP contribution in [0.1, 0.15) is 12.8 Å². The first kappa shape index (κ1) is 11.0. The van der Waals surface area contributed by atoms with Gasteiger partial charge < -0.3 is 14.9 Å². The largest absolute Gasteiger partial charge is 0.480 e. The Balaban J connectivity index is 1.98. The predicted molar refractivity (Wildman–Crippen MR) is 58.0 cm³/mol. The van der Waals surface area contributed by atoms with Crippen LogP contribution in [0.5, 0.6) is 0 Å². The number of carboxylic acid groups (broad SMARTS) is 1. The van der Waals surface area contributed by atoms with Gasteiger partial charge in [0.25, 0.3) is 0 Å². The van der Waals surface area contributed by atoms with Crippen LogP contribution < -0.4 is 0 Å². The molecule has 0 unspecified atom stereocenters. The minimum absolute atomic E-state index is 0.153. The van der Waals surface area contributed by atoms with Crippen LogP contribution in [0, 0.1) is 5.92 Å². The van der Waals surface area contributed by atoms with Crippen molar-refractivity contribution in [2.24, 2.45) is 5.92 Å². The summed E-state index contributed by atoms with van der Waals surface area (Å²) in [5.74, 6) is -0.336. The van der Waals surface area contributed by atoms with E-state index in [1.165, 1.54) is 17.7 Å². The number of aliphatic carboxylic acids is 1. The van der Waals surface area contributed by atoms with Gasteiger partial charge in [-0.1, -0.05) is 12.2 Å². The molecule has 1 saturated carbocycles. The van der Waals surface area contributed by atoms with Crippen molar-refractivity contribution in [3.8, 4) is 0 Å². The third kappa shape index (κ3) is 2.74. The molecular formula is C11H16N2O3. The van der Waals surface area contributed by atoms with Gasteiger partial charge in [0.15, 0.2) is 0 Å². The highest BCUT2D eigenvalue weighted by Crippen LogP contribution is 2.30. The molecule has 1 N–H and O–H groups in total. The van der Waals surface area contributed by atoms with Crippen LogP contribution in [0.3, 0.4) is 0 Å². The van der Waals surface area contributed by atoms with Gasteiger partial charge in [0.2, 0.25) is 0 Å². The minimum atomic E-state index is -0.963. The summed E-state index contributed by atoms with van der Waals surface area (Å²) in [6.07, 6.45) is 6.16. The van der Waals surface area contributed by atoms with E-state index in [1.54, 1.807) is 4.90 Å². The Hall–Kier alpha value is -1.52. The lowest BCUT2D eigenvalue weighted by Crippen LogP contribution is -2.45. The summed E-state index contributed by atoms with van der Waals surface area (Å²) in [6.45, 7) is 1.54. The number of hydrogen-bond acceptors (Lipinski definition) is 2. The van der Waals surface area contributed by atoms with Crippen molar-refractivity contribution >= 4 is 12.0 Å². The summed E-state index contributed by atoms with van der Waals surface area (Å²) < 4.78 is 0. The molecule has 0 radical (unpaired) electrons. The fourth-order valence-corrected chi connectivity index (χ4v) is 1.82. The number of nitrogens with zero attached hydrogens (tertiary/aromatic N) is 2. The van der Waals surface area contributed by atoms with E-state index in [9.17, 15) is 9.59 Å². The summed E-state index contributed by atoms with van der Waals surface area (Å²) in [6, 6.07) is -0.153. The zero-order valence-corrected chi connectivity index (χ0v) is 9.13. The van der Waals surface area contributed by atoms with Crippen LogP contribution >= 0.6 is 0 Å². The van der Waals surface area contributed by atoms with Crippen molar-refractivity contribution in [3.05, 3.63) is 12.2 Å². The first-order valence-electron chi connectivity index (χ1n) is 5.57. The molecule has 0 aromatic rings. The Morgan fingerprint density at radius 1 is 1.31 bits per heavy atom. The molecule has 1 aliphatic heterocycles. The third-order valence-electron chi connectivity index (χ3n) is 2.86. The summed E-state index contributed by atoms with van der Waals surface area (Å²) in [7, 11) is 0. The quantitative estimate of drug-likeness (QED) is 0.718. The minimum Gasteiger partial charge on any atom is -0.480 e. The molecule has 2 amide bonds. The van der Waals surface area contributed by atoms with E-state index in [0.717, 1.165) is 6.54 Å². The Kier molecular flexibility index (Phi) is 3.12. The summed E-state index contributed by atoms with van der Waals surface area (Å²) in [5.41, 5.74) is 0. The van der Waals surface area contributed by atoms with Crippen molar-refractivity contribution in [1.82, 2.24) is 9.80 Å². The molecule has 16 heavy (non-hydrogen) atoms. The number of rotatable bonds is 4. The topological polar surface area (TPSA) is 60.9 Å². The van der Waals surface area contributed by atoms with Crippen molar-refractivity contribution in [2.75, 3.05) is 26.2 Å². The van der Waals surface area contributed by atoms with Gasteiger partial charge in [-0.3, -0.25) is 4.79 Å². The third-order valence-corrected chi connectivity index (χ3v) is 2.86. The lowest BCUT2D eigenvalue weighted by molar-refractivity contribution is -0.137. The number of carboxylic acids is 1. The molecule has 88 valence electrons. The Morgan fingerprint density at radius 3 is 2.50 bits per heavy atom. The predicted octanol–water partition coefficient (Wildman–Crippen LogP) is 0.775. The second kappa shape index (κ2) is 4.55. The van der Waals surface area contributed by atoms with Crippen molar-refractivity contribution in [3.63, 3.8) is 0 Å². The van der Waals surface area contributed by atoms with Gasteiger partial charge in [-0.2, -0.15) is 0 Å². The standard InChI is InChI=1S/C11H16N2O3/c14-10(15)8-13-6-2-1-5-12(11(13)16)7-9-3-4-9/h1-2,9H,3-8H2,(H,14,15). The second-order valence-corrected chi connectivity index (χ2v) is 4.38. The second-order valence-electron chi connectivity index (χ2n) is 4.38. The van der Waals surface area contributed by atoms with Gasteiger partial charge in [-0.15, -0.1) is 0 Å². The zero-order chi connectivity index (χ0) is 11.5. The fourth-order valence-electron chi connectivity index (χ4n) is 1.82. The highest BCUT2D eigenvalue weighted by molar-refractivity contribution is 5.80. The van der Waals surface area contributed by atoms with Crippen LogP contribution in [0.2, 0.25) is 0 Å². The smallest absolute Gasteiger partial charge is 0.323 e. The first-order chi connectivity index (χ1) is 7.66. The Labute approximate surface area is 94.3 Å². The van der Waals surface area contributed by atoms with Crippen LogP contribution in [-0.2, 0) is 4.79 Å². The SMILES string of the molecule is O=C(O)CN1CC=CCN(CC2CC2)C1=O. The number of amides is 2. The van der Waals surface area contributed by atoms with E-state index < -0.39 is 5.97 Å². The first-order valence-corrected chi connectivity index (χ1v) is 5.57. The van der Waals surface area contributed by atoms with Crippen molar-refractivity contribution in [2.45, 2.75) is 12.8 Å². The van der Waals surface area contributed by atoms with E-state index in [2.05, 4.69) is 0 Å². The molecule has 5 heteroatoms. The molecule has 0 spiro atoms. The molecule has 1 heterocycles. The zero-order valence-electron chi connectivity index (χ0n) is 9.13. The molecular weight excluding hydrogens is 208 g/mol. The van der Waals surface area contributed by atoms with Crippen molar-refractivity contribution < 1.29 is 14.7 Å². The average molecular weight is 224 g/mol. The normalized spacial score (nSPS) is 21.1. The highest BCUT2D eigenvalue weighted by Gasteiger charge is 2.29. The molecule has 2 rings (SSSR count). The van der Waals surface area contributed by atoms with E-state index in [4.69, 9.17) is 5.11 Å². The maximum absolute atomic E-state index is 12.0. The molecule has 0 saturated heterocycles. The molecule has 1 aliphatic carbocycles. The van der Waals surface area contributed by atoms with E-state index in [-0.39, 0.29) is 12.6 Å². The van der Waals surface area contributed by atoms with Crippen molar-refractivity contribution in [1.29, 1.82) is 0 Å². The fraction of sp³-hybridized carbons (Fsp3) is 0.636. The molecule has 2 aliphatic rings. The van der Waals surface area contributed by atoms with E-state index in [0.29, 0.717) is 19.0 Å². The number of carbonyl (C=O) groups is 2. The monoisotopic (exact) mass is 224 g/mol. The van der Waals surface area contributed by atoms with Gasteiger partial charge in [-0.25, -0.2) is 4.79 Å². The van der Waals surface area contributed by atoms with Gasteiger partial charge in [-0.05, 0) is 18.8 Å². The van der Waals surface area contributed by atoms with Gasteiger partial charge in [0, 0.05) is 19.6 Å². The lowest BCUT2D eigenvalue weighted by Gasteiger charge is -2.26. The van der Waals surface area contributed by atoms with E-state index >= 15 is 0 Å². The van der Waals surface area contributed by atoms with Gasteiger partial charge in [0.05, 0.1) is 0 Å². The van der Waals surface area contributed by atoms with Crippen LogP contribution in [0.25, 0.3) is 0 Å². The number of hydrogen-bond donors (Lipinski definition) is 1. The molecule has 0 aromatic carbocycles. The maximum atomic E-state index is 12.0. The highest BCUT2D eigenvalue weighted by atomic mass is 16.4. The lowest BCUT2D eigenvalue weighted by atomic mass is 10.3. The van der Waals surface area contributed by atoms with Gasteiger partial charge >= 0.3 is 12.0 Å².